The molecule has 1 aromatic carbocycles. The predicted octanol–water partition coefficient (Wildman–Crippen LogP) is 3.67. The Morgan fingerprint density at radius 1 is 1.33 bits per heavy atom. The molecule has 0 aliphatic rings. The van der Waals surface area contributed by atoms with E-state index in [1.807, 2.05) is 0 Å². The molecule has 0 saturated carbocycles. The molecule has 10 heteroatoms. The molecule has 1 aromatic heterocycles. The van der Waals surface area contributed by atoms with Crippen molar-refractivity contribution in [2.75, 3.05) is 10.5 Å². The molecule has 112 valence electrons. The molecule has 0 saturated heterocycles. The lowest BCUT2D eigenvalue weighted by molar-refractivity contribution is 0.572. The van der Waals surface area contributed by atoms with E-state index in [1.165, 1.54) is 18.2 Å². The van der Waals surface area contributed by atoms with Crippen LogP contribution in [0.5, 0.6) is 0 Å². The highest BCUT2D eigenvalue weighted by atomic mass is 79.9. The van der Waals surface area contributed by atoms with Gasteiger partial charge in [-0.25, -0.2) is 17.8 Å². The topological polar surface area (TPSA) is 85.1 Å². The average molecular weight is 415 g/mol. The number of nitrogens with two attached hydrogens (primary N) is 1. The first-order chi connectivity index (χ1) is 9.72. The lowest BCUT2D eigenvalue weighted by Crippen LogP contribution is -2.16. The summed E-state index contributed by atoms with van der Waals surface area (Å²) in [5.41, 5.74) is 5.06. The first-order valence-corrected chi connectivity index (χ1v) is 8.34. The number of nitrogens with one attached hydrogen (secondary N) is 1. The molecule has 0 bridgehead atoms. The summed E-state index contributed by atoms with van der Waals surface area (Å²) in [7, 11) is -4.25. The van der Waals surface area contributed by atoms with E-state index in [0.717, 1.165) is 6.07 Å². The maximum Gasteiger partial charge on any atom is 0.266 e. The maximum absolute atomic E-state index is 14.0. The van der Waals surface area contributed by atoms with Crippen LogP contribution in [0.25, 0.3) is 0 Å². The molecule has 0 radical (unpaired) electrons. The summed E-state index contributed by atoms with van der Waals surface area (Å²) < 4.78 is 40.6. The second-order valence-corrected chi connectivity index (χ2v) is 7.09. The Labute approximate surface area is 138 Å². The summed E-state index contributed by atoms with van der Waals surface area (Å²) in [4.78, 5) is 3.07. The summed E-state index contributed by atoms with van der Waals surface area (Å²) in [6, 6.07) is 5.27. The molecule has 0 fully saturated rings. The number of nitrogens with zero attached hydrogens (tertiary/aromatic N) is 1. The molecule has 3 N–H and O–H groups in total. The monoisotopic (exact) mass is 413 g/mol. The first kappa shape index (κ1) is 16.3. The molecule has 1 heterocycles. The van der Waals surface area contributed by atoms with E-state index in [4.69, 9.17) is 28.9 Å². The fraction of sp³-hybridized carbons (Fsp3) is 0. The molecule has 21 heavy (non-hydrogen) atoms. The summed E-state index contributed by atoms with van der Waals surface area (Å²) >= 11 is 14.4. The highest BCUT2D eigenvalue weighted by Gasteiger charge is 2.24. The van der Waals surface area contributed by atoms with Crippen molar-refractivity contribution in [2.45, 2.75) is 4.90 Å². The molecule has 5 nitrogen and oxygen atoms in total. The first-order valence-electron chi connectivity index (χ1n) is 5.30. The summed E-state index contributed by atoms with van der Waals surface area (Å²) in [6.07, 6.45) is 0. The molecule has 0 aliphatic carbocycles. The Morgan fingerprint density at radius 3 is 2.62 bits per heavy atom. The van der Waals surface area contributed by atoms with Crippen molar-refractivity contribution in [1.29, 1.82) is 0 Å². The number of hydrogen-bond donors (Lipinski definition) is 2. The SMILES string of the molecule is Nc1c(F)c(S(=O)(=O)Nc2cccc(Cl)n2)cc(Cl)c1Br. The third-order valence-corrected chi connectivity index (χ3v) is 5.35. The van der Waals surface area contributed by atoms with Crippen LogP contribution in [0.1, 0.15) is 0 Å². The fourth-order valence-electron chi connectivity index (χ4n) is 1.45. The van der Waals surface area contributed by atoms with Gasteiger partial charge in [0.1, 0.15) is 15.9 Å². The van der Waals surface area contributed by atoms with E-state index in [9.17, 15) is 12.8 Å². The van der Waals surface area contributed by atoms with Crippen LogP contribution in [-0.4, -0.2) is 13.4 Å². The fourth-order valence-corrected chi connectivity index (χ4v) is 3.30. The summed E-state index contributed by atoms with van der Waals surface area (Å²) in [5.74, 6) is -1.17. The number of rotatable bonds is 3. The van der Waals surface area contributed by atoms with Gasteiger partial charge in [0.2, 0.25) is 0 Å². The predicted molar refractivity (Wildman–Crippen MR) is 83.6 cm³/mol. The van der Waals surface area contributed by atoms with Gasteiger partial charge < -0.3 is 5.73 Å². The van der Waals surface area contributed by atoms with Gasteiger partial charge in [-0.05, 0) is 34.1 Å². The second-order valence-electron chi connectivity index (χ2n) is 3.85. The number of halogens is 4. The van der Waals surface area contributed by atoms with Crippen molar-refractivity contribution < 1.29 is 12.8 Å². The smallest absolute Gasteiger partial charge is 0.266 e. The largest absolute Gasteiger partial charge is 0.395 e. The van der Waals surface area contributed by atoms with Crippen molar-refractivity contribution in [3.05, 3.63) is 44.7 Å². The molecule has 0 aliphatic heterocycles. The van der Waals surface area contributed by atoms with E-state index in [0.29, 0.717) is 0 Å². The number of aromatic nitrogens is 1. The van der Waals surface area contributed by atoms with E-state index >= 15 is 0 Å². The molecule has 0 amide bonds. The van der Waals surface area contributed by atoms with Gasteiger partial charge in [0.25, 0.3) is 10.0 Å². The van der Waals surface area contributed by atoms with Crippen LogP contribution in [0.2, 0.25) is 10.2 Å². The zero-order chi connectivity index (χ0) is 15.8. The molecular formula is C11H7BrCl2FN3O2S. The number of pyridine rings is 1. The Kier molecular flexibility index (Phi) is 4.62. The van der Waals surface area contributed by atoms with Crippen molar-refractivity contribution in [1.82, 2.24) is 4.98 Å². The zero-order valence-corrected chi connectivity index (χ0v) is 14.0. The molecule has 0 unspecified atom stereocenters. The number of anilines is 2. The number of hydrogen-bond acceptors (Lipinski definition) is 4. The Balaban J connectivity index is 2.50. The normalized spacial score (nSPS) is 11.4. The van der Waals surface area contributed by atoms with Gasteiger partial charge in [-0.15, -0.1) is 0 Å². The van der Waals surface area contributed by atoms with Gasteiger partial charge in [-0.1, -0.05) is 29.3 Å². The van der Waals surface area contributed by atoms with Gasteiger partial charge in [0, 0.05) is 0 Å². The molecule has 2 aromatic rings. The molecule has 2 rings (SSSR count). The minimum Gasteiger partial charge on any atom is -0.395 e. The lowest BCUT2D eigenvalue weighted by Gasteiger charge is -2.11. The van der Waals surface area contributed by atoms with Gasteiger partial charge >= 0.3 is 0 Å². The van der Waals surface area contributed by atoms with E-state index in [-0.39, 0.29) is 20.5 Å². The minimum atomic E-state index is -4.25. The number of sulfonamides is 1. The van der Waals surface area contributed by atoms with E-state index < -0.39 is 26.4 Å². The Hall–Kier alpha value is -1.09. The molecule has 0 atom stereocenters. The van der Waals surface area contributed by atoms with Gasteiger partial charge in [-0.2, -0.15) is 0 Å². The van der Waals surface area contributed by atoms with Gasteiger partial charge in [0.15, 0.2) is 5.82 Å². The standard InChI is InChI=1S/C11H7BrCl2FN3O2S/c12-9-5(13)4-6(10(15)11(9)16)21(19,20)18-8-3-1-2-7(14)17-8/h1-4H,16H2,(H,17,18). The number of nitrogen functional groups attached to an aromatic ring is 1. The Morgan fingerprint density at radius 2 is 2.00 bits per heavy atom. The lowest BCUT2D eigenvalue weighted by atomic mass is 10.3. The molecule has 0 spiro atoms. The summed E-state index contributed by atoms with van der Waals surface area (Å²) in [6.45, 7) is 0. The minimum absolute atomic E-state index is 0.0340. The highest BCUT2D eigenvalue weighted by Crippen LogP contribution is 2.35. The second kappa shape index (κ2) is 5.96. The number of benzene rings is 1. The van der Waals surface area contributed by atoms with Crippen LogP contribution in [0, 0.1) is 5.82 Å². The van der Waals surface area contributed by atoms with E-state index in [1.54, 1.807) is 0 Å². The van der Waals surface area contributed by atoms with E-state index in [2.05, 4.69) is 25.6 Å². The van der Waals surface area contributed by atoms with Crippen molar-refractivity contribution >= 4 is 60.7 Å². The van der Waals surface area contributed by atoms with Crippen LogP contribution >= 0.6 is 39.1 Å². The third-order valence-electron chi connectivity index (χ3n) is 2.40. The van der Waals surface area contributed by atoms with Crippen molar-refractivity contribution in [3.63, 3.8) is 0 Å². The van der Waals surface area contributed by atoms with Crippen molar-refractivity contribution in [3.8, 4) is 0 Å². The molecular weight excluding hydrogens is 408 g/mol. The van der Waals surface area contributed by atoms with Gasteiger partial charge in [-0.3, -0.25) is 4.72 Å². The Bertz CT molecular complexity index is 817. The highest BCUT2D eigenvalue weighted by molar-refractivity contribution is 9.10. The quantitative estimate of drug-likeness (QED) is 0.455. The average Bonchev–Trinajstić information content (AvgIpc) is 2.40. The van der Waals surface area contributed by atoms with Crippen LogP contribution in [0.4, 0.5) is 15.9 Å². The third kappa shape index (κ3) is 3.39. The van der Waals surface area contributed by atoms with Crippen LogP contribution in [-0.2, 0) is 10.0 Å². The van der Waals surface area contributed by atoms with Crippen molar-refractivity contribution in [2.24, 2.45) is 0 Å². The van der Waals surface area contributed by atoms with Crippen LogP contribution in [0.15, 0.2) is 33.6 Å². The van der Waals surface area contributed by atoms with Crippen LogP contribution in [0.3, 0.4) is 0 Å². The van der Waals surface area contributed by atoms with Crippen LogP contribution < -0.4 is 10.5 Å². The zero-order valence-electron chi connectivity index (χ0n) is 10.1. The summed E-state index contributed by atoms with van der Waals surface area (Å²) in [5, 5.41) is 0.0531. The maximum atomic E-state index is 14.0. The van der Waals surface area contributed by atoms with Gasteiger partial charge in [0.05, 0.1) is 15.2 Å².